The molecule has 0 aromatic heterocycles. The maximum atomic E-state index is 12.8. The molecule has 0 unspecified atom stereocenters. The summed E-state index contributed by atoms with van der Waals surface area (Å²) >= 11 is 0. The lowest BCUT2D eigenvalue weighted by Gasteiger charge is -2.35. The minimum Gasteiger partial charge on any atom is -0.335 e. The number of nitrogens with one attached hydrogen (secondary N) is 1. The average molecular weight is 416 g/mol. The van der Waals surface area contributed by atoms with E-state index in [9.17, 15) is 18.0 Å². The first kappa shape index (κ1) is 21.0. The molecule has 29 heavy (non-hydrogen) atoms. The second-order valence-electron chi connectivity index (χ2n) is 6.87. The number of hydrogen-bond donors (Lipinski definition) is 1. The molecule has 1 heterocycles. The number of piperazine rings is 1. The number of sulfonamides is 1. The number of carbonyl (C=O) groups is 2. The molecule has 2 aromatic rings. The largest absolute Gasteiger partial charge is 0.335 e. The summed E-state index contributed by atoms with van der Waals surface area (Å²) in [6.45, 7) is 3.75. The Morgan fingerprint density at radius 1 is 0.897 bits per heavy atom. The third-order valence-corrected chi connectivity index (χ3v) is 6.54. The smallest absolute Gasteiger partial charge is 0.254 e. The SMILES string of the molecule is CCc1ccc(C(=O)N2CCN(C(=O)c3cccc(S(=O)(=O)NC)c3)CC2)cc1. The Morgan fingerprint density at radius 3 is 1.97 bits per heavy atom. The summed E-state index contributed by atoms with van der Waals surface area (Å²) in [5.41, 5.74) is 2.14. The van der Waals surface area contributed by atoms with E-state index < -0.39 is 10.0 Å². The van der Waals surface area contributed by atoms with Crippen LogP contribution in [0.3, 0.4) is 0 Å². The lowest BCUT2D eigenvalue weighted by atomic mass is 10.1. The van der Waals surface area contributed by atoms with Gasteiger partial charge in [-0.05, 0) is 49.4 Å². The molecule has 8 heteroatoms. The van der Waals surface area contributed by atoms with Gasteiger partial charge >= 0.3 is 0 Å². The summed E-state index contributed by atoms with van der Waals surface area (Å²) in [5.74, 6) is -0.278. The van der Waals surface area contributed by atoms with E-state index >= 15 is 0 Å². The Morgan fingerprint density at radius 2 is 1.45 bits per heavy atom. The Kier molecular flexibility index (Phi) is 6.34. The van der Waals surface area contributed by atoms with Gasteiger partial charge in [-0.2, -0.15) is 0 Å². The molecular weight excluding hydrogens is 390 g/mol. The molecule has 1 saturated heterocycles. The molecule has 1 aliphatic heterocycles. The van der Waals surface area contributed by atoms with Crippen molar-refractivity contribution in [2.45, 2.75) is 18.2 Å². The Bertz CT molecular complexity index is 995. The maximum Gasteiger partial charge on any atom is 0.254 e. The van der Waals surface area contributed by atoms with Crippen LogP contribution in [0.4, 0.5) is 0 Å². The number of aryl methyl sites for hydroxylation is 1. The molecule has 2 aromatic carbocycles. The van der Waals surface area contributed by atoms with Crippen LogP contribution in [0, 0.1) is 0 Å². The molecule has 0 spiro atoms. The van der Waals surface area contributed by atoms with E-state index in [-0.39, 0.29) is 16.7 Å². The summed E-state index contributed by atoms with van der Waals surface area (Å²) < 4.78 is 26.2. The Balaban J connectivity index is 1.65. The average Bonchev–Trinajstić information content (AvgIpc) is 2.78. The summed E-state index contributed by atoms with van der Waals surface area (Å²) in [6.07, 6.45) is 0.923. The van der Waals surface area contributed by atoms with Gasteiger partial charge in [-0.1, -0.05) is 25.1 Å². The molecule has 0 aliphatic carbocycles. The van der Waals surface area contributed by atoms with Crippen LogP contribution < -0.4 is 4.72 Å². The van der Waals surface area contributed by atoms with E-state index in [1.165, 1.54) is 24.7 Å². The van der Waals surface area contributed by atoms with Crippen LogP contribution in [-0.2, 0) is 16.4 Å². The van der Waals surface area contributed by atoms with Crippen LogP contribution in [0.5, 0.6) is 0 Å². The van der Waals surface area contributed by atoms with Crippen molar-refractivity contribution >= 4 is 21.8 Å². The van der Waals surface area contributed by atoms with Crippen molar-refractivity contribution in [2.75, 3.05) is 33.2 Å². The fraction of sp³-hybridized carbons (Fsp3) is 0.333. The molecule has 1 aliphatic rings. The van der Waals surface area contributed by atoms with E-state index in [0.717, 1.165) is 6.42 Å². The predicted molar refractivity (Wildman–Crippen MR) is 110 cm³/mol. The molecule has 2 amide bonds. The van der Waals surface area contributed by atoms with Crippen molar-refractivity contribution in [2.24, 2.45) is 0 Å². The molecule has 0 saturated carbocycles. The zero-order valence-corrected chi connectivity index (χ0v) is 17.4. The molecule has 1 fully saturated rings. The molecule has 1 N–H and O–H groups in total. The van der Waals surface area contributed by atoms with Crippen LogP contribution >= 0.6 is 0 Å². The molecule has 0 atom stereocenters. The number of benzene rings is 2. The molecule has 3 rings (SSSR count). The first-order valence-corrected chi connectivity index (χ1v) is 11.0. The van der Waals surface area contributed by atoms with Crippen molar-refractivity contribution in [3.63, 3.8) is 0 Å². The standard InChI is InChI=1S/C21H25N3O4S/c1-3-16-7-9-17(10-8-16)20(25)23-11-13-24(14-12-23)21(26)18-5-4-6-19(15-18)29(27,28)22-2/h4-10,15,22H,3,11-14H2,1-2H3. The monoisotopic (exact) mass is 415 g/mol. The highest BCUT2D eigenvalue weighted by molar-refractivity contribution is 7.89. The van der Waals surface area contributed by atoms with Gasteiger partial charge in [0.15, 0.2) is 0 Å². The highest BCUT2D eigenvalue weighted by atomic mass is 32.2. The fourth-order valence-electron chi connectivity index (χ4n) is 3.27. The summed E-state index contributed by atoms with van der Waals surface area (Å²) in [6, 6.07) is 13.6. The van der Waals surface area contributed by atoms with Gasteiger partial charge in [0.05, 0.1) is 4.90 Å². The lowest BCUT2D eigenvalue weighted by molar-refractivity contribution is 0.0535. The topological polar surface area (TPSA) is 86.8 Å². The van der Waals surface area contributed by atoms with Crippen LogP contribution in [0.1, 0.15) is 33.2 Å². The summed E-state index contributed by atoms with van der Waals surface area (Å²) in [4.78, 5) is 28.9. The Hall–Kier alpha value is -2.71. The molecular formula is C21H25N3O4S. The number of carbonyl (C=O) groups excluding carboxylic acids is 2. The predicted octanol–water partition coefficient (Wildman–Crippen LogP) is 1.76. The zero-order chi connectivity index (χ0) is 21.0. The molecule has 7 nitrogen and oxygen atoms in total. The first-order chi connectivity index (χ1) is 13.9. The van der Waals surface area contributed by atoms with Gasteiger partial charge in [0.1, 0.15) is 0 Å². The normalized spacial score (nSPS) is 14.7. The first-order valence-electron chi connectivity index (χ1n) is 9.57. The van der Waals surface area contributed by atoms with Gasteiger partial charge in [0.25, 0.3) is 11.8 Å². The molecule has 0 radical (unpaired) electrons. The fourth-order valence-corrected chi connectivity index (χ4v) is 4.05. The van der Waals surface area contributed by atoms with E-state index in [0.29, 0.717) is 37.3 Å². The van der Waals surface area contributed by atoms with E-state index in [1.807, 2.05) is 24.3 Å². The number of hydrogen-bond acceptors (Lipinski definition) is 4. The van der Waals surface area contributed by atoms with Crippen molar-refractivity contribution < 1.29 is 18.0 Å². The summed E-state index contributed by atoms with van der Waals surface area (Å²) in [5, 5.41) is 0. The van der Waals surface area contributed by atoms with Crippen molar-refractivity contribution in [3.8, 4) is 0 Å². The number of rotatable bonds is 5. The second-order valence-corrected chi connectivity index (χ2v) is 8.76. The minimum atomic E-state index is -3.61. The van der Waals surface area contributed by atoms with Crippen LogP contribution in [0.15, 0.2) is 53.4 Å². The van der Waals surface area contributed by atoms with E-state index in [2.05, 4.69) is 11.6 Å². The second kappa shape index (κ2) is 8.75. The quantitative estimate of drug-likeness (QED) is 0.806. The van der Waals surface area contributed by atoms with Gasteiger partial charge in [-0.15, -0.1) is 0 Å². The van der Waals surface area contributed by atoms with Gasteiger partial charge < -0.3 is 9.80 Å². The van der Waals surface area contributed by atoms with Gasteiger partial charge in [-0.3, -0.25) is 9.59 Å². The van der Waals surface area contributed by atoms with Crippen LogP contribution in [-0.4, -0.2) is 63.3 Å². The minimum absolute atomic E-state index is 0.0399. The highest BCUT2D eigenvalue weighted by Crippen LogP contribution is 2.16. The van der Waals surface area contributed by atoms with E-state index in [4.69, 9.17) is 0 Å². The van der Waals surface area contributed by atoms with Crippen LogP contribution in [0.2, 0.25) is 0 Å². The van der Waals surface area contributed by atoms with Crippen molar-refractivity contribution in [1.29, 1.82) is 0 Å². The van der Waals surface area contributed by atoms with Gasteiger partial charge in [0.2, 0.25) is 10.0 Å². The van der Waals surface area contributed by atoms with Crippen LogP contribution in [0.25, 0.3) is 0 Å². The third kappa shape index (κ3) is 4.65. The summed E-state index contributed by atoms with van der Waals surface area (Å²) in [7, 11) is -2.29. The van der Waals surface area contributed by atoms with E-state index in [1.54, 1.807) is 21.9 Å². The zero-order valence-electron chi connectivity index (χ0n) is 16.6. The number of amides is 2. The molecule has 154 valence electrons. The molecule has 0 bridgehead atoms. The van der Waals surface area contributed by atoms with Gasteiger partial charge in [-0.25, -0.2) is 13.1 Å². The lowest BCUT2D eigenvalue weighted by Crippen LogP contribution is -2.50. The highest BCUT2D eigenvalue weighted by Gasteiger charge is 2.26. The third-order valence-electron chi connectivity index (χ3n) is 5.12. The number of nitrogens with zero attached hydrogens (tertiary/aromatic N) is 2. The van der Waals surface area contributed by atoms with Crippen molar-refractivity contribution in [3.05, 3.63) is 65.2 Å². The van der Waals surface area contributed by atoms with Crippen molar-refractivity contribution in [1.82, 2.24) is 14.5 Å². The maximum absolute atomic E-state index is 12.8. The Labute approximate surface area is 171 Å². The van der Waals surface area contributed by atoms with Gasteiger partial charge in [0, 0.05) is 37.3 Å².